The average molecular weight is 479 g/mol. The SMILES string of the molecule is Cn1cc(NC(=O)OC(C)(C)C)cc1C(=O)Nc1cn(C)c(-c2nc3cc(C(=O)O)ccc3[nH]2)n1. The van der Waals surface area contributed by atoms with Crippen LogP contribution in [-0.4, -0.2) is 52.8 Å². The Morgan fingerprint density at radius 3 is 2.46 bits per heavy atom. The Bertz CT molecular complexity index is 1450. The van der Waals surface area contributed by atoms with Crippen LogP contribution in [0.15, 0.2) is 36.7 Å². The number of anilines is 2. The molecule has 0 saturated carbocycles. The van der Waals surface area contributed by atoms with Gasteiger partial charge in [-0.2, -0.15) is 0 Å². The van der Waals surface area contributed by atoms with Crippen molar-refractivity contribution in [3.8, 4) is 11.6 Å². The number of hydrogen-bond donors (Lipinski definition) is 4. The number of hydrogen-bond acceptors (Lipinski definition) is 6. The zero-order valence-electron chi connectivity index (χ0n) is 19.8. The van der Waals surface area contributed by atoms with Crippen LogP contribution in [0.2, 0.25) is 0 Å². The van der Waals surface area contributed by atoms with Gasteiger partial charge in [0.25, 0.3) is 5.91 Å². The van der Waals surface area contributed by atoms with E-state index in [1.54, 1.807) is 62.5 Å². The summed E-state index contributed by atoms with van der Waals surface area (Å²) in [4.78, 5) is 48.1. The van der Waals surface area contributed by atoms with E-state index in [4.69, 9.17) is 4.74 Å². The van der Waals surface area contributed by atoms with E-state index in [1.807, 2.05) is 0 Å². The number of benzene rings is 1. The Morgan fingerprint density at radius 2 is 1.77 bits per heavy atom. The number of nitrogens with zero attached hydrogens (tertiary/aromatic N) is 4. The molecule has 35 heavy (non-hydrogen) atoms. The van der Waals surface area contributed by atoms with E-state index in [9.17, 15) is 19.5 Å². The molecule has 4 rings (SSSR count). The number of imidazole rings is 2. The smallest absolute Gasteiger partial charge is 0.412 e. The van der Waals surface area contributed by atoms with E-state index in [2.05, 4.69) is 25.6 Å². The Balaban J connectivity index is 1.51. The molecule has 0 unspecified atom stereocenters. The topological polar surface area (TPSA) is 156 Å². The first-order valence-corrected chi connectivity index (χ1v) is 10.6. The molecule has 3 aromatic heterocycles. The first-order chi connectivity index (χ1) is 16.4. The first kappa shape index (κ1) is 23.5. The van der Waals surface area contributed by atoms with Gasteiger partial charge in [0.15, 0.2) is 17.5 Å². The van der Waals surface area contributed by atoms with Gasteiger partial charge >= 0.3 is 12.1 Å². The Hall–Kier alpha value is -4.61. The average Bonchev–Trinajstić information content (AvgIpc) is 3.41. The molecule has 0 spiro atoms. The number of carboxylic acid groups (broad SMARTS) is 1. The van der Waals surface area contributed by atoms with Crippen LogP contribution in [0.25, 0.3) is 22.7 Å². The van der Waals surface area contributed by atoms with Crippen molar-refractivity contribution in [3.63, 3.8) is 0 Å². The van der Waals surface area contributed by atoms with Crippen molar-refractivity contribution in [1.82, 2.24) is 24.1 Å². The number of nitrogens with one attached hydrogen (secondary N) is 3. The lowest BCUT2D eigenvalue weighted by Crippen LogP contribution is -2.27. The molecule has 2 amide bonds. The highest BCUT2D eigenvalue weighted by Gasteiger charge is 2.20. The minimum absolute atomic E-state index is 0.131. The van der Waals surface area contributed by atoms with Crippen LogP contribution in [0.4, 0.5) is 16.3 Å². The molecule has 12 nitrogen and oxygen atoms in total. The van der Waals surface area contributed by atoms with Crippen molar-refractivity contribution in [2.24, 2.45) is 14.1 Å². The summed E-state index contributed by atoms with van der Waals surface area (Å²) in [6.07, 6.45) is 2.61. The summed E-state index contributed by atoms with van der Waals surface area (Å²) in [5.41, 5.74) is 1.35. The predicted octanol–water partition coefficient (Wildman–Crippen LogP) is 3.60. The van der Waals surface area contributed by atoms with Crippen molar-refractivity contribution in [1.29, 1.82) is 0 Å². The van der Waals surface area contributed by atoms with Crippen LogP contribution >= 0.6 is 0 Å². The van der Waals surface area contributed by atoms with Gasteiger partial charge in [-0.05, 0) is 45.0 Å². The van der Waals surface area contributed by atoms with Gasteiger partial charge in [0.1, 0.15) is 11.3 Å². The minimum atomic E-state index is -1.04. The number of fused-ring (bicyclic) bond motifs is 1. The number of aromatic amines is 1. The lowest BCUT2D eigenvalue weighted by Gasteiger charge is -2.19. The van der Waals surface area contributed by atoms with Crippen LogP contribution in [0.1, 0.15) is 41.6 Å². The molecule has 0 aliphatic heterocycles. The molecular formula is C23H25N7O5. The van der Waals surface area contributed by atoms with Crippen molar-refractivity contribution in [2.45, 2.75) is 26.4 Å². The number of amides is 2. The van der Waals surface area contributed by atoms with E-state index in [1.165, 1.54) is 18.2 Å². The molecule has 0 aliphatic carbocycles. The van der Waals surface area contributed by atoms with Crippen LogP contribution in [0, 0.1) is 0 Å². The molecule has 3 heterocycles. The second kappa shape index (κ2) is 8.63. The molecule has 182 valence electrons. The highest BCUT2D eigenvalue weighted by molar-refractivity contribution is 6.04. The van der Waals surface area contributed by atoms with Gasteiger partial charge in [0.2, 0.25) is 0 Å². The number of aromatic nitrogens is 5. The Labute approximate surface area is 199 Å². The third kappa shape index (κ3) is 5.16. The molecule has 4 aromatic rings. The highest BCUT2D eigenvalue weighted by atomic mass is 16.6. The fraction of sp³-hybridized carbons (Fsp3) is 0.261. The number of rotatable bonds is 5. The van der Waals surface area contributed by atoms with Gasteiger partial charge in [-0.1, -0.05) is 0 Å². The normalized spacial score (nSPS) is 11.5. The minimum Gasteiger partial charge on any atom is -0.478 e. The standard InChI is InChI=1S/C23H25N7O5/c1-23(2,3)35-22(34)24-13-9-16(29(4)10-13)20(31)28-17-11-30(5)19(27-17)18-25-14-7-6-12(21(32)33)8-15(14)26-18/h6-11H,1-5H3,(H,24,34)(H,25,26)(H,28,31)(H,32,33). The van der Waals surface area contributed by atoms with E-state index >= 15 is 0 Å². The predicted molar refractivity (Wildman–Crippen MR) is 128 cm³/mol. The Kier molecular flexibility index (Phi) is 5.81. The van der Waals surface area contributed by atoms with Crippen molar-refractivity contribution >= 4 is 40.5 Å². The van der Waals surface area contributed by atoms with E-state index in [0.29, 0.717) is 39.9 Å². The molecule has 0 saturated heterocycles. The van der Waals surface area contributed by atoms with Gasteiger partial charge in [-0.15, -0.1) is 0 Å². The maximum Gasteiger partial charge on any atom is 0.412 e. The Morgan fingerprint density at radius 1 is 1.03 bits per heavy atom. The van der Waals surface area contributed by atoms with Gasteiger partial charge in [0, 0.05) is 26.5 Å². The van der Waals surface area contributed by atoms with Gasteiger partial charge in [-0.25, -0.2) is 19.6 Å². The largest absolute Gasteiger partial charge is 0.478 e. The summed E-state index contributed by atoms with van der Waals surface area (Å²) >= 11 is 0. The summed E-state index contributed by atoms with van der Waals surface area (Å²) in [7, 11) is 3.43. The maximum absolute atomic E-state index is 12.9. The van der Waals surface area contributed by atoms with Crippen LogP contribution in [-0.2, 0) is 18.8 Å². The molecule has 12 heteroatoms. The summed E-state index contributed by atoms with van der Waals surface area (Å²) in [6.45, 7) is 5.28. The summed E-state index contributed by atoms with van der Waals surface area (Å²) < 4.78 is 8.50. The fourth-order valence-electron chi connectivity index (χ4n) is 3.45. The van der Waals surface area contributed by atoms with Gasteiger partial charge in [-0.3, -0.25) is 10.1 Å². The number of carboxylic acids is 1. The quantitative estimate of drug-likeness (QED) is 0.341. The number of aromatic carboxylic acids is 1. The lowest BCUT2D eigenvalue weighted by atomic mass is 10.2. The maximum atomic E-state index is 12.9. The molecule has 0 fully saturated rings. The third-order valence-corrected chi connectivity index (χ3v) is 4.94. The van der Waals surface area contributed by atoms with Crippen LogP contribution < -0.4 is 10.6 Å². The summed E-state index contributed by atoms with van der Waals surface area (Å²) in [5, 5.41) is 14.5. The van der Waals surface area contributed by atoms with Gasteiger partial charge in [0.05, 0.1) is 22.3 Å². The van der Waals surface area contributed by atoms with Crippen molar-refractivity contribution in [3.05, 3.63) is 47.9 Å². The van der Waals surface area contributed by atoms with Crippen molar-refractivity contribution < 1.29 is 24.2 Å². The number of H-pyrrole nitrogens is 1. The lowest BCUT2D eigenvalue weighted by molar-refractivity contribution is 0.0634. The molecular weight excluding hydrogens is 454 g/mol. The molecule has 0 aliphatic rings. The number of carbonyl (C=O) groups excluding carboxylic acids is 2. The zero-order valence-corrected chi connectivity index (χ0v) is 19.8. The number of aryl methyl sites for hydroxylation is 2. The monoisotopic (exact) mass is 479 g/mol. The number of carbonyl (C=O) groups is 3. The fourth-order valence-corrected chi connectivity index (χ4v) is 3.45. The van der Waals surface area contributed by atoms with E-state index < -0.39 is 23.6 Å². The molecule has 0 atom stereocenters. The van der Waals surface area contributed by atoms with E-state index in [-0.39, 0.29) is 5.56 Å². The highest BCUT2D eigenvalue weighted by Crippen LogP contribution is 2.23. The van der Waals surface area contributed by atoms with Gasteiger partial charge < -0.3 is 29.3 Å². The zero-order chi connectivity index (χ0) is 25.5. The second-order valence-corrected chi connectivity index (χ2v) is 8.99. The van der Waals surface area contributed by atoms with E-state index in [0.717, 1.165) is 0 Å². The third-order valence-electron chi connectivity index (χ3n) is 4.94. The molecule has 0 radical (unpaired) electrons. The second-order valence-electron chi connectivity index (χ2n) is 8.99. The first-order valence-electron chi connectivity index (χ1n) is 10.6. The molecule has 4 N–H and O–H groups in total. The van der Waals surface area contributed by atoms with Crippen LogP contribution in [0.5, 0.6) is 0 Å². The van der Waals surface area contributed by atoms with Crippen molar-refractivity contribution in [2.75, 3.05) is 10.6 Å². The number of ether oxygens (including phenoxy) is 1. The summed E-state index contributed by atoms with van der Waals surface area (Å²) in [5.74, 6) is -0.295. The molecule has 1 aromatic carbocycles. The van der Waals surface area contributed by atoms with Crippen LogP contribution in [0.3, 0.4) is 0 Å². The molecule has 0 bridgehead atoms. The summed E-state index contributed by atoms with van der Waals surface area (Å²) in [6, 6.07) is 6.13.